The van der Waals surface area contributed by atoms with Gasteiger partial charge in [0.15, 0.2) is 0 Å². The van der Waals surface area contributed by atoms with Crippen LogP contribution in [0.2, 0.25) is 0 Å². The molecule has 0 saturated carbocycles. The largest absolute Gasteiger partial charge is 0.339 e. The van der Waals surface area contributed by atoms with E-state index in [4.69, 9.17) is 0 Å². The Bertz CT molecular complexity index is 295. The lowest BCUT2D eigenvalue weighted by Gasteiger charge is -2.54. The van der Waals surface area contributed by atoms with Crippen molar-refractivity contribution in [3.63, 3.8) is 0 Å². The molecule has 96 valence electrons. The van der Waals surface area contributed by atoms with E-state index in [2.05, 4.69) is 25.3 Å². The number of hydrogen-bond donors (Lipinski definition) is 0. The summed E-state index contributed by atoms with van der Waals surface area (Å²) in [4.78, 5) is 16.0. The van der Waals surface area contributed by atoms with Crippen LogP contribution < -0.4 is 0 Å². The molecule has 2 heterocycles. The maximum atomic E-state index is 11.5. The summed E-state index contributed by atoms with van der Waals surface area (Å²) in [5.41, 5.74) is 0.521. The first-order chi connectivity index (χ1) is 8.04. The summed E-state index contributed by atoms with van der Waals surface area (Å²) in [5.74, 6) is 0.855. The SMILES string of the molecule is C=CC(=O)N1CCC2(CC1)CN(CC(C)C)C2. The Morgan fingerprint density at radius 1 is 1.35 bits per heavy atom. The number of carbonyl (C=O) groups is 1. The molecular formula is C14H24N2O. The second kappa shape index (κ2) is 4.81. The van der Waals surface area contributed by atoms with Crippen LogP contribution in [0, 0.1) is 11.3 Å². The molecule has 0 radical (unpaired) electrons. The fraction of sp³-hybridized carbons (Fsp3) is 0.786. The van der Waals surface area contributed by atoms with Gasteiger partial charge < -0.3 is 9.80 Å². The van der Waals surface area contributed by atoms with Crippen LogP contribution >= 0.6 is 0 Å². The Labute approximate surface area is 104 Å². The first-order valence-corrected chi connectivity index (χ1v) is 6.68. The molecule has 3 heteroatoms. The second-order valence-corrected chi connectivity index (χ2v) is 6.09. The molecular weight excluding hydrogens is 212 g/mol. The Hall–Kier alpha value is -0.830. The summed E-state index contributed by atoms with van der Waals surface area (Å²) in [7, 11) is 0. The van der Waals surface area contributed by atoms with Crippen LogP contribution in [0.15, 0.2) is 12.7 Å². The molecule has 1 amide bonds. The van der Waals surface area contributed by atoms with E-state index in [-0.39, 0.29) is 5.91 Å². The smallest absolute Gasteiger partial charge is 0.245 e. The fourth-order valence-electron chi connectivity index (χ4n) is 3.19. The molecule has 2 saturated heterocycles. The van der Waals surface area contributed by atoms with Gasteiger partial charge >= 0.3 is 0 Å². The molecule has 0 bridgehead atoms. The van der Waals surface area contributed by atoms with Crippen molar-refractivity contribution >= 4 is 5.91 Å². The molecule has 0 atom stereocenters. The summed E-state index contributed by atoms with van der Waals surface area (Å²) in [5, 5.41) is 0. The first kappa shape index (κ1) is 12.6. The zero-order valence-corrected chi connectivity index (χ0v) is 11.1. The molecule has 2 fully saturated rings. The summed E-state index contributed by atoms with van der Waals surface area (Å²) >= 11 is 0. The lowest BCUT2D eigenvalue weighted by Crippen LogP contribution is -2.61. The molecule has 0 aromatic heterocycles. The summed E-state index contributed by atoms with van der Waals surface area (Å²) in [6.07, 6.45) is 3.77. The van der Waals surface area contributed by atoms with E-state index in [1.165, 1.54) is 38.6 Å². The fourth-order valence-corrected chi connectivity index (χ4v) is 3.19. The van der Waals surface area contributed by atoms with E-state index < -0.39 is 0 Å². The molecule has 2 aliphatic heterocycles. The van der Waals surface area contributed by atoms with Gasteiger partial charge in [-0.15, -0.1) is 0 Å². The van der Waals surface area contributed by atoms with Gasteiger partial charge in [-0.25, -0.2) is 0 Å². The maximum absolute atomic E-state index is 11.5. The third-order valence-electron chi connectivity index (χ3n) is 4.05. The van der Waals surface area contributed by atoms with E-state index >= 15 is 0 Å². The van der Waals surface area contributed by atoms with E-state index in [1.54, 1.807) is 0 Å². The molecule has 0 aromatic rings. The third-order valence-corrected chi connectivity index (χ3v) is 4.05. The molecule has 2 aliphatic rings. The molecule has 0 N–H and O–H groups in total. The highest BCUT2D eigenvalue weighted by Crippen LogP contribution is 2.40. The average Bonchev–Trinajstić information content (AvgIpc) is 2.26. The summed E-state index contributed by atoms with van der Waals surface area (Å²) < 4.78 is 0. The van der Waals surface area contributed by atoms with E-state index in [0.717, 1.165) is 19.0 Å². The molecule has 2 rings (SSSR count). The van der Waals surface area contributed by atoms with Crippen molar-refractivity contribution in [1.29, 1.82) is 0 Å². The Kier molecular flexibility index (Phi) is 3.57. The van der Waals surface area contributed by atoms with Crippen molar-refractivity contribution in [2.45, 2.75) is 26.7 Å². The molecule has 0 unspecified atom stereocenters. The van der Waals surface area contributed by atoms with Crippen molar-refractivity contribution in [3.8, 4) is 0 Å². The van der Waals surface area contributed by atoms with Crippen molar-refractivity contribution in [3.05, 3.63) is 12.7 Å². The van der Waals surface area contributed by atoms with Gasteiger partial charge in [-0.1, -0.05) is 20.4 Å². The van der Waals surface area contributed by atoms with Gasteiger partial charge in [-0.2, -0.15) is 0 Å². The zero-order chi connectivity index (χ0) is 12.5. The van der Waals surface area contributed by atoms with E-state index in [1.807, 2.05) is 4.90 Å². The minimum Gasteiger partial charge on any atom is -0.339 e. The van der Waals surface area contributed by atoms with Crippen LogP contribution in [0.1, 0.15) is 26.7 Å². The Morgan fingerprint density at radius 3 is 2.41 bits per heavy atom. The number of likely N-dealkylation sites (tertiary alicyclic amines) is 2. The first-order valence-electron chi connectivity index (χ1n) is 6.68. The van der Waals surface area contributed by atoms with E-state index in [0.29, 0.717) is 5.41 Å². The molecule has 0 aromatic carbocycles. The number of carbonyl (C=O) groups excluding carboxylic acids is 1. The quantitative estimate of drug-likeness (QED) is 0.697. The van der Waals surface area contributed by atoms with E-state index in [9.17, 15) is 4.79 Å². The topological polar surface area (TPSA) is 23.6 Å². The second-order valence-electron chi connectivity index (χ2n) is 6.09. The average molecular weight is 236 g/mol. The van der Waals surface area contributed by atoms with Crippen molar-refractivity contribution in [2.75, 3.05) is 32.7 Å². The number of hydrogen-bond acceptors (Lipinski definition) is 2. The highest BCUT2D eigenvalue weighted by Gasteiger charge is 2.44. The highest BCUT2D eigenvalue weighted by atomic mass is 16.2. The minimum absolute atomic E-state index is 0.0956. The normalized spacial score (nSPS) is 23.8. The Morgan fingerprint density at radius 2 is 1.94 bits per heavy atom. The maximum Gasteiger partial charge on any atom is 0.245 e. The van der Waals surface area contributed by atoms with Gasteiger partial charge in [0.25, 0.3) is 0 Å². The van der Waals surface area contributed by atoms with Crippen LogP contribution in [0.25, 0.3) is 0 Å². The molecule has 1 spiro atoms. The third kappa shape index (κ3) is 2.71. The van der Waals surface area contributed by atoms with Gasteiger partial charge in [0.2, 0.25) is 5.91 Å². The van der Waals surface area contributed by atoms with Crippen molar-refractivity contribution in [1.82, 2.24) is 9.80 Å². The zero-order valence-electron chi connectivity index (χ0n) is 11.1. The predicted molar refractivity (Wildman–Crippen MR) is 69.7 cm³/mol. The van der Waals surface area contributed by atoms with Crippen LogP contribution in [0.3, 0.4) is 0 Å². The highest BCUT2D eigenvalue weighted by molar-refractivity contribution is 5.87. The lowest BCUT2D eigenvalue weighted by atomic mass is 9.71. The standard InChI is InChI=1S/C14H24N2O/c1-4-13(17)16-7-5-14(6-8-16)10-15(11-14)9-12(2)3/h4,12H,1,5-11H2,2-3H3. The van der Waals surface area contributed by atoms with Crippen LogP contribution in [-0.2, 0) is 4.79 Å². The number of amides is 1. The van der Waals surface area contributed by atoms with Gasteiger partial charge in [-0.3, -0.25) is 4.79 Å². The Balaban J connectivity index is 1.77. The van der Waals surface area contributed by atoms with Gasteiger partial charge in [0.05, 0.1) is 0 Å². The molecule has 17 heavy (non-hydrogen) atoms. The lowest BCUT2D eigenvalue weighted by molar-refractivity contribution is -0.131. The number of piperidine rings is 1. The summed E-state index contributed by atoms with van der Waals surface area (Å²) in [6, 6.07) is 0. The van der Waals surface area contributed by atoms with Gasteiger partial charge in [-0.05, 0) is 30.3 Å². The van der Waals surface area contributed by atoms with Crippen LogP contribution in [0.5, 0.6) is 0 Å². The predicted octanol–water partition coefficient (Wildman–Crippen LogP) is 1.75. The molecule has 3 nitrogen and oxygen atoms in total. The molecule has 0 aliphatic carbocycles. The van der Waals surface area contributed by atoms with Gasteiger partial charge in [0.1, 0.15) is 0 Å². The van der Waals surface area contributed by atoms with Crippen LogP contribution in [-0.4, -0.2) is 48.4 Å². The van der Waals surface area contributed by atoms with Crippen molar-refractivity contribution < 1.29 is 4.79 Å². The monoisotopic (exact) mass is 236 g/mol. The summed E-state index contributed by atoms with van der Waals surface area (Å²) in [6.45, 7) is 13.6. The van der Waals surface area contributed by atoms with Crippen molar-refractivity contribution in [2.24, 2.45) is 11.3 Å². The minimum atomic E-state index is 0.0956. The number of nitrogens with zero attached hydrogens (tertiary/aromatic N) is 2. The van der Waals surface area contributed by atoms with Crippen LogP contribution in [0.4, 0.5) is 0 Å². The van der Waals surface area contributed by atoms with Gasteiger partial charge in [0, 0.05) is 32.7 Å². The number of rotatable bonds is 3.